The summed E-state index contributed by atoms with van der Waals surface area (Å²) in [4.78, 5) is 8.30. The van der Waals surface area contributed by atoms with E-state index in [0.29, 0.717) is 22.8 Å². The number of rotatable bonds is 3. The summed E-state index contributed by atoms with van der Waals surface area (Å²) in [5.74, 6) is 1.18. The lowest BCUT2D eigenvalue weighted by atomic mass is 10.1. The van der Waals surface area contributed by atoms with Gasteiger partial charge in [-0.3, -0.25) is 0 Å². The Labute approximate surface area is 105 Å². The van der Waals surface area contributed by atoms with Crippen molar-refractivity contribution >= 4 is 5.82 Å². The highest BCUT2D eigenvalue weighted by Gasteiger charge is 2.13. The lowest BCUT2D eigenvalue weighted by molar-refractivity contribution is 0.415. The van der Waals surface area contributed by atoms with E-state index in [9.17, 15) is 0 Å². The Morgan fingerprint density at radius 1 is 1.33 bits per heavy atom. The summed E-state index contributed by atoms with van der Waals surface area (Å²) in [6, 6.07) is 9.31. The number of nitrogens with one attached hydrogen (secondary N) is 1. The molecule has 1 aromatic heterocycles. The van der Waals surface area contributed by atoms with Crippen LogP contribution in [0, 0.1) is 11.3 Å². The zero-order chi connectivity index (χ0) is 13.0. The van der Waals surface area contributed by atoms with Gasteiger partial charge in [-0.05, 0) is 12.1 Å². The van der Waals surface area contributed by atoms with Crippen LogP contribution in [0.2, 0.25) is 0 Å². The number of hydrogen-bond acceptors (Lipinski definition) is 5. The van der Waals surface area contributed by atoms with Gasteiger partial charge in [-0.25, -0.2) is 9.97 Å². The summed E-state index contributed by atoms with van der Waals surface area (Å²) in [6.07, 6.45) is 1.46. The van der Waals surface area contributed by atoms with Crippen molar-refractivity contribution in [1.29, 1.82) is 5.26 Å². The SMILES string of the molecule is CNc1ncnc(-c2cccc(C#N)c2)c1OC. The van der Waals surface area contributed by atoms with Gasteiger partial charge in [-0.15, -0.1) is 0 Å². The lowest BCUT2D eigenvalue weighted by Gasteiger charge is -2.11. The molecule has 1 heterocycles. The molecule has 0 aliphatic heterocycles. The average molecular weight is 240 g/mol. The van der Waals surface area contributed by atoms with Crippen LogP contribution < -0.4 is 10.1 Å². The van der Waals surface area contributed by atoms with E-state index in [1.807, 2.05) is 12.1 Å². The van der Waals surface area contributed by atoms with Crippen molar-refractivity contribution in [3.8, 4) is 23.1 Å². The molecule has 0 fully saturated rings. The quantitative estimate of drug-likeness (QED) is 0.889. The molecule has 1 aromatic carbocycles. The van der Waals surface area contributed by atoms with Gasteiger partial charge >= 0.3 is 0 Å². The molecule has 2 aromatic rings. The largest absolute Gasteiger partial charge is 0.491 e. The molecule has 0 amide bonds. The van der Waals surface area contributed by atoms with Crippen molar-refractivity contribution in [1.82, 2.24) is 9.97 Å². The first-order valence-electron chi connectivity index (χ1n) is 5.37. The zero-order valence-corrected chi connectivity index (χ0v) is 10.1. The molecule has 5 heteroatoms. The summed E-state index contributed by atoms with van der Waals surface area (Å²) in [6.45, 7) is 0. The first kappa shape index (κ1) is 11.9. The normalized spacial score (nSPS) is 9.61. The molecule has 0 atom stereocenters. The van der Waals surface area contributed by atoms with Crippen LogP contribution in [0.5, 0.6) is 5.75 Å². The first-order chi connectivity index (χ1) is 8.80. The molecule has 5 nitrogen and oxygen atoms in total. The van der Waals surface area contributed by atoms with Gasteiger partial charge in [-0.2, -0.15) is 5.26 Å². The maximum atomic E-state index is 8.91. The van der Waals surface area contributed by atoms with Crippen LogP contribution in [0.4, 0.5) is 5.82 Å². The molecule has 0 bridgehead atoms. The van der Waals surface area contributed by atoms with E-state index in [2.05, 4.69) is 21.4 Å². The number of nitriles is 1. The molecule has 1 N–H and O–H groups in total. The van der Waals surface area contributed by atoms with Gasteiger partial charge in [0.2, 0.25) is 0 Å². The van der Waals surface area contributed by atoms with Gasteiger partial charge in [0.1, 0.15) is 12.0 Å². The van der Waals surface area contributed by atoms with Crippen molar-refractivity contribution < 1.29 is 4.74 Å². The molecule has 18 heavy (non-hydrogen) atoms. The van der Waals surface area contributed by atoms with Gasteiger partial charge in [0.05, 0.1) is 18.7 Å². The molecular formula is C13H12N4O. The van der Waals surface area contributed by atoms with Crippen molar-refractivity contribution in [2.75, 3.05) is 19.5 Å². The third-order valence-corrected chi connectivity index (χ3v) is 2.51. The Kier molecular flexibility index (Phi) is 3.39. The predicted molar refractivity (Wildman–Crippen MR) is 68.3 cm³/mol. The number of benzene rings is 1. The van der Waals surface area contributed by atoms with Crippen LogP contribution in [-0.2, 0) is 0 Å². The fourth-order valence-electron chi connectivity index (χ4n) is 1.69. The number of hydrogen-bond donors (Lipinski definition) is 1. The maximum absolute atomic E-state index is 8.91. The number of anilines is 1. The summed E-state index contributed by atoms with van der Waals surface area (Å²) in [5.41, 5.74) is 2.07. The fourth-order valence-corrected chi connectivity index (χ4v) is 1.69. The molecule has 2 rings (SSSR count). The van der Waals surface area contributed by atoms with Crippen LogP contribution in [0.3, 0.4) is 0 Å². The minimum atomic E-state index is 0.565. The Bertz CT molecular complexity index is 604. The van der Waals surface area contributed by atoms with Crippen LogP contribution in [0.15, 0.2) is 30.6 Å². The second-order valence-electron chi connectivity index (χ2n) is 3.55. The second-order valence-corrected chi connectivity index (χ2v) is 3.55. The Morgan fingerprint density at radius 2 is 2.17 bits per heavy atom. The topological polar surface area (TPSA) is 70.8 Å². The Morgan fingerprint density at radius 3 is 2.83 bits per heavy atom. The molecule has 0 aliphatic carbocycles. The minimum absolute atomic E-state index is 0.565. The molecule has 0 saturated heterocycles. The highest BCUT2D eigenvalue weighted by atomic mass is 16.5. The van der Waals surface area contributed by atoms with Gasteiger partial charge in [0.15, 0.2) is 11.6 Å². The average Bonchev–Trinajstić information content (AvgIpc) is 2.46. The Hall–Kier alpha value is -2.61. The first-order valence-corrected chi connectivity index (χ1v) is 5.37. The van der Waals surface area contributed by atoms with Crippen molar-refractivity contribution in [2.24, 2.45) is 0 Å². The number of aromatic nitrogens is 2. The molecule has 0 aliphatic rings. The second kappa shape index (κ2) is 5.15. The number of nitrogens with zero attached hydrogens (tertiary/aromatic N) is 3. The Balaban J connectivity index is 2.60. The van der Waals surface area contributed by atoms with E-state index in [0.717, 1.165) is 5.56 Å². The summed E-state index contributed by atoms with van der Waals surface area (Å²) in [7, 11) is 3.33. The van der Waals surface area contributed by atoms with E-state index in [1.165, 1.54) is 6.33 Å². The van der Waals surface area contributed by atoms with Crippen molar-refractivity contribution in [3.05, 3.63) is 36.2 Å². The summed E-state index contributed by atoms with van der Waals surface area (Å²) >= 11 is 0. The lowest BCUT2D eigenvalue weighted by Crippen LogP contribution is -2.00. The molecule has 0 spiro atoms. The number of methoxy groups -OCH3 is 1. The molecule has 0 unspecified atom stereocenters. The maximum Gasteiger partial charge on any atom is 0.187 e. The van der Waals surface area contributed by atoms with Gasteiger partial charge < -0.3 is 10.1 Å². The van der Waals surface area contributed by atoms with E-state index in [4.69, 9.17) is 10.00 Å². The van der Waals surface area contributed by atoms with Crippen LogP contribution in [-0.4, -0.2) is 24.1 Å². The summed E-state index contributed by atoms with van der Waals surface area (Å²) < 4.78 is 5.32. The minimum Gasteiger partial charge on any atom is -0.491 e. The third kappa shape index (κ3) is 2.09. The highest BCUT2D eigenvalue weighted by molar-refractivity contribution is 5.73. The van der Waals surface area contributed by atoms with Gasteiger partial charge in [-0.1, -0.05) is 12.1 Å². The van der Waals surface area contributed by atoms with Crippen LogP contribution >= 0.6 is 0 Å². The van der Waals surface area contributed by atoms with Crippen LogP contribution in [0.1, 0.15) is 5.56 Å². The standard InChI is InChI=1S/C13H12N4O/c1-15-13-12(18-2)11(16-8-17-13)10-5-3-4-9(6-10)7-14/h3-6,8H,1-2H3,(H,15,16,17). The fraction of sp³-hybridized carbons (Fsp3) is 0.154. The smallest absolute Gasteiger partial charge is 0.187 e. The molecular weight excluding hydrogens is 228 g/mol. The monoisotopic (exact) mass is 240 g/mol. The number of ether oxygens (including phenoxy) is 1. The molecule has 90 valence electrons. The van der Waals surface area contributed by atoms with E-state index in [1.54, 1.807) is 26.3 Å². The molecule has 0 saturated carbocycles. The predicted octanol–water partition coefficient (Wildman–Crippen LogP) is 2.07. The zero-order valence-electron chi connectivity index (χ0n) is 10.1. The highest BCUT2D eigenvalue weighted by Crippen LogP contribution is 2.32. The van der Waals surface area contributed by atoms with Crippen molar-refractivity contribution in [2.45, 2.75) is 0 Å². The van der Waals surface area contributed by atoms with Crippen molar-refractivity contribution in [3.63, 3.8) is 0 Å². The van der Waals surface area contributed by atoms with E-state index < -0.39 is 0 Å². The van der Waals surface area contributed by atoms with E-state index >= 15 is 0 Å². The van der Waals surface area contributed by atoms with Gasteiger partial charge in [0, 0.05) is 12.6 Å². The molecule has 0 radical (unpaired) electrons. The van der Waals surface area contributed by atoms with E-state index in [-0.39, 0.29) is 0 Å². The third-order valence-electron chi connectivity index (χ3n) is 2.51. The summed E-state index contributed by atoms with van der Waals surface area (Å²) in [5, 5.41) is 11.9. The van der Waals surface area contributed by atoms with Crippen LogP contribution in [0.25, 0.3) is 11.3 Å². The van der Waals surface area contributed by atoms with Gasteiger partial charge in [0.25, 0.3) is 0 Å².